The smallest absolute Gasteiger partial charge is 0.165 e. The lowest BCUT2D eigenvalue weighted by atomic mass is 9.68. The molecule has 2 saturated carbocycles. The van der Waals surface area contributed by atoms with Crippen molar-refractivity contribution < 1.29 is 9.13 Å². The van der Waals surface area contributed by atoms with E-state index in [4.69, 9.17) is 4.74 Å². The topological polar surface area (TPSA) is 9.23 Å². The van der Waals surface area contributed by atoms with Gasteiger partial charge in [0, 0.05) is 0 Å². The molecule has 0 amide bonds. The zero-order chi connectivity index (χ0) is 16.9. The Kier molecular flexibility index (Phi) is 5.97. The van der Waals surface area contributed by atoms with Crippen molar-refractivity contribution >= 4 is 0 Å². The van der Waals surface area contributed by atoms with Crippen LogP contribution in [0, 0.1) is 23.6 Å². The maximum Gasteiger partial charge on any atom is 0.165 e. The van der Waals surface area contributed by atoms with Crippen molar-refractivity contribution in [3.8, 4) is 5.75 Å². The van der Waals surface area contributed by atoms with Crippen LogP contribution in [0.2, 0.25) is 0 Å². The third-order valence-corrected chi connectivity index (χ3v) is 6.26. The first-order valence-corrected chi connectivity index (χ1v) is 9.74. The average molecular weight is 330 g/mol. The summed E-state index contributed by atoms with van der Waals surface area (Å²) in [7, 11) is 0. The molecule has 0 aromatic heterocycles. The molecule has 0 N–H and O–H groups in total. The summed E-state index contributed by atoms with van der Waals surface area (Å²) < 4.78 is 19.5. The summed E-state index contributed by atoms with van der Waals surface area (Å²) in [6.45, 7) is 4.25. The van der Waals surface area contributed by atoms with Gasteiger partial charge in [0.25, 0.3) is 0 Å². The zero-order valence-corrected chi connectivity index (χ0v) is 15.1. The Balaban J connectivity index is 1.55. The van der Waals surface area contributed by atoms with Gasteiger partial charge in [-0.25, -0.2) is 4.39 Å². The van der Waals surface area contributed by atoms with Crippen LogP contribution in [-0.2, 0) is 0 Å². The van der Waals surface area contributed by atoms with E-state index >= 15 is 0 Å². The lowest BCUT2D eigenvalue weighted by Gasteiger charge is -2.37. The van der Waals surface area contributed by atoms with Crippen LogP contribution < -0.4 is 4.74 Å². The summed E-state index contributed by atoms with van der Waals surface area (Å²) in [5, 5.41) is 0. The fourth-order valence-corrected chi connectivity index (χ4v) is 4.69. The van der Waals surface area contributed by atoms with Gasteiger partial charge in [-0.2, -0.15) is 0 Å². The van der Waals surface area contributed by atoms with Gasteiger partial charge >= 0.3 is 0 Å². The minimum absolute atomic E-state index is 0.242. The van der Waals surface area contributed by atoms with Crippen LogP contribution >= 0.6 is 0 Å². The fraction of sp³-hybridized carbons (Fsp3) is 0.636. The molecule has 3 rings (SSSR count). The normalized spacial score (nSPS) is 31.3. The number of rotatable bonds is 4. The van der Waals surface area contributed by atoms with Crippen LogP contribution in [0.3, 0.4) is 0 Å². The second-order valence-electron chi connectivity index (χ2n) is 7.91. The van der Waals surface area contributed by atoms with Crippen molar-refractivity contribution in [1.82, 2.24) is 0 Å². The molecule has 2 fully saturated rings. The minimum atomic E-state index is -0.242. The lowest BCUT2D eigenvalue weighted by molar-refractivity contribution is 0.165. The summed E-state index contributed by atoms with van der Waals surface area (Å²) in [6, 6.07) is 5.51. The lowest BCUT2D eigenvalue weighted by Crippen LogP contribution is -2.24. The number of benzene rings is 1. The second kappa shape index (κ2) is 8.18. The van der Waals surface area contributed by atoms with Gasteiger partial charge in [-0.3, -0.25) is 0 Å². The molecule has 0 atom stereocenters. The quantitative estimate of drug-likeness (QED) is 0.549. The van der Waals surface area contributed by atoms with Gasteiger partial charge in [0.2, 0.25) is 0 Å². The molecule has 24 heavy (non-hydrogen) atoms. The molecular weight excluding hydrogens is 299 g/mol. The van der Waals surface area contributed by atoms with Crippen molar-refractivity contribution in [3.05, 3.63) is 41.9 Å². The maximum absolute atomic E-state index is 14.2. The van der Waals surface area contributed by atoms with Gasteiger partial charge in [-0.1, -0.05) is 31.9 Å². The van der Waals surface area contributed by atoms with E-state index in [2.05, 4.69) is 13.0 Å². The number of allylic oxidation sites excluding steroid dienone is 1. The van der Waals surface area contributed by atoms with Crippen molar-refractivity contribution in [1.29, 1.82) is 0 Å². The fourth-order valence-electron chi connectivity index (χ4n) is 4.69. The van der Waals surface area contributed by atoms with E-state index < -0.39 is 0 Å². The van der Waals surface area contributed by atoms with E-state index in [1.165, 1.54) is 57.6 Å². The van der Waals surface area contributed by atoms with Crippen molar-refractivity contribution in [2.75, 3.05) is 0 Å². The Morgan fingerprint density at radius 1 is 0.958 bits per heavy atom. The van der Waals surface area contributed by atoms with E-state index in [1.807, 2.05) is 6.92 Å². The molecule has 0 radical (unpaired) electrons. The van der Waals surface area contributed by atoms with Crippen LogP contribution in [0.15, 0.2) is 30.5 Å². The standard InChI is InChI=1S/C22H31FO/c1-3-14-24-22-13-12-20(15-21(22)23)19-10-8-18(9-11-19)17-6-4-16(2)5-7-17/h3,12-19H,4-11H2,1-2H3/b14-3+. The largest absolute Gasteiger partial charge is 0.462 e. The zero-order valence-electron chi connectivity index (χ0n) is 15.1. The third kappa shape index (κ3) is 4.20. The van der Waals surface area contributed by atoms with Crippen LogP contribution in [0.1, 0.15) is 76.7 Å². The second-order valence-corrected chi connectivity index (χ2v) is 7.91. The molecule has 1 aromatic carbocycles. The molecule has 0 aliphatic heterocycles. The molecule has 1 aromatic rings. The Bertz CT molecular complexity index is 549. The molecule has 2 aliphatic rings. The van der Waals surface area contributed by atoms with Gasteiger partial charge in [0.05, 0.1) is 6.26 Å². The maximum atomic E-state index is 14.2. The first kappa shape index (κ1) is 17.5. The van der Waals surface area contributed by atoms with E-state index in [1.54, 1.807) is 18.2 Å². The molecule has 2 aliphatic carbocycles. The highest BCUT2D eigenvalue weighted by Gasteiger charge is 2.30. The molecule has 0 heterocycles. The monoisotopic (exact) mass is 330 g/mol. The Morgan fingerprint density at radius 3 is 2.17 bits per heavy atom. The van der Waals surface area contributed by atoms with E-state index in [0.717, 1.165) is 23.3 Å². The predicted molar refractivity (Wildman–Crippen MR) is 97.7 cm³/mol. The average Bonchev–Trinajstić information content (AvgIpc) is 2.61. The van der Waals surface area contributed by atoms with Crippen LogP contribution in [0.4, 0.5) is 4.39 Å². The van der Waals surface area contributed by atoms with Crippen LogP contribution in [0.5, 0.6) is 5.75 Å². The van der Waals surface area contributed by atoms with E-state index in [9.17, 15) is 4.39 Å². The highest BCUT2D eigenvalue weighted by atomic mass is 19.1. The first-order chi connectivity index (χ1) is 11.7. The number of hydrogen-bond acceptors (Lipinski definition) is 1. The molecule has 0 saturated heterocycles. The van der Waals surface area contributed by atoms with Gasteiger partial charge in [-0.05, 0) is 86.8 Å². The van der Waals surface area contributed by atoms with Crippen molar-refractivity contribution in [3.63, 3.8) is 0 Å². The highest BCUT2D eigenvalue weighted by molar-refractivity contribution is 5.32. The Labute approximate surface area is 146 Å². The summed E-state index contributed by atoms with van der Waals surface area (Å²) in [4.78, 5) is 0. The molecule has 1 nitrogen and oxygen atoms in total. The molecular formula is C22H31FO. The van der Waals surface area contributed by atoms with Crippen LogP contribution in [-0.4, -0.2) is 0 Å². The molecule has 2 heteroatoms. The number of ether oxygens (including phenoxy) is 1. The van der Waals surface area contributed by atoms with E-state index in [0.29, 0.717) is 11.7 Å². The van der Waals surface area contributed by atoms with E-state index in [-0.39, 0.29) is 5.82 Å². The number of hydrogen-bond donors (Lipinski definition) is 0. The van der Waals surface area contributed by atoms with Gasteiger partial charge in [0.1, 0.15) is 0 Å². The molecule has 0 bridgehead atoms. The van der Waals surface area contributed by atoms with Gasteiger partial charge in [-0.15, -0.1) is 0 Å². The summed E-state index contributed by atoms with van der Waals surface area (Å²) in [5.74, 6) is 3.40. The summed E-state index contributed by atoms with van der Waals surface area (Å²) in [5.41, 5.74) is 1.15. The Morgan fingerprint density at radius 2 is 1.58 bits per heavy atom. The molecule has 0 spiro atoms. The summed E-state index contributed by atoms with van der Waals surface area (Å²) in [6.07, 6.45) is 14.1. The van der Waals surface area contributed by atoms with Gasteiger partial charge in [0.15, 0.2) is 11.6 Å². The van der Waals surface area contributed by atoms with Crippen molar-refractivity contribution in [2.24, 2.45) is 17.8 Å². The van der Waals surface area contributed by atoms with Gasteiger partial charge < -0.3 is 4.74 Å². The first-order valence-electron chi connectivity index (χ1n) is 9.74. The number of halogens is 1. The van der Waals surface area contributed by atoms with Crippen molar-refractivity contribution in [2.45, 2.75) is 71.1 Å². The third-order valence-electron chi connectivity index (χ3n) is 6.26. The predicted octanol–water partition coefficient (Wildman–Crippen LogP) is 6.84. The SMILES string of the molecule is C/C=C/Oc1ccc(C2CCC(C3CCC(C)CC3)CC2)cc1F. The van der Waals surface area contributed by atoms with Crippen LogP contribution in [0.25, 0.3) is 0 Å². The summed E-state index contributed by atoms with van der Waals surface area (Å²) >= 11 is 0. The molecule has 0 unspecified atom stereocenters. The molecule has 132 valence electrons. The minimum Gasteiger partial charge on any atom is -0.462 e. The highest BCUT2D eigenvalue weighted by Crippen LogP contribution is 2.44. The Hall–Kier alpha value is -1.31.